The van der Waals surface area contributed by atoms with Crippen molar-refractivity contribution in [3.05, 3.63) is 0 Å². The normalized spacial score (nSPS) is 10.7. The largest absolute Gasteiger partial charge is 1.00 e. The van der Waals surface area contributed by atoms with Crippen molar-refractivity contribution in [2.24, 2.45) is 0 Å². The minimum Gasteiger partial charge on any atom is -0.565 e. The van der Waals surface area contributed by atoms with Crippen LogP contribution in [0.5, 0.6) is 0 Å². The fourth-order valence-corrected chi connectivity index (χ4v) is 1.20. The Morgan fingerprint density at radius 2 is 1.16 bits per heavy atom. The van der Waals surface area contributed by atoms with Crippen LogP contribution in [0.3, 0.4) is 0 Å². The maximum absolute atomic E-state index is 10.3. The molecule has 136 valence electrons. The fraction of sp³-hybridized carbons (Fsp3) is 0.692. The molecule has 25 heavy (non-hydrogen) atoms. The number of unbranched alkanes of at least 4 members (excludes halogenated alkanes) is 3. The number of aliphatic carboxylic acids is 3. The molecule has 0 saturated carbocycles. The predicted molar refractivity (Wildman–Crippen MR) is 72.3 cm³/mol. The number of carboxylic acids is 3. The van der Waals surface area contributed by atoms with E-state index in [0.717, 1.165) is 0 Å². The third-order valence-electron chi connectivity index (χ3n) is 2.24. The molecule has 4 N–H and O–H groups in total. The topological polar surface area (TPSA) is 195 Å². The Kier molecular flexibility index (Phi) is 31.0. The smallest absolute Gasteiger partial charge is 0.565 e. The number of aliphatic hydroxyl groups is 1. The van der Waals surface area contributed by atoms with Gasteiger partial charge >= 0.3 is 71.1 Å². The van der Waals surface area contributed by atoms with Crippen molar-refractivity contribution in [2.45, 2.75) is 58.0 Å². The summed E-state index contributed by atoms with van der Waals surface area (Å²) in [7, 11) is 0. The number of hydrogen-bond acceptors (Lipinski definition) is 7. The third-order valence-corrected chi connectivity index (χ3v) is 2.24. The zero-order chi connectivity index (χ0) is 19.1. The molecule has 0 radical (unpaired) electrons. The Morgan fingerprint density at radius 3 is 1.32 bits per heavy atom. The number of hydrogen-bond donors (Lipinski definition) is 4. The van der Waals surface area contributed by atoms with Gasteiger partial charge in [-0.1, -0.05) is 39.5 Å². The molecule has 0 rings (SSSR count). The van der Waals surface area contributed by atoms with Crippen molar-refractivity contribution in [3.63, 3.8) is 0 Å². The Morgan fingerprint density at radius 1 is 0.840 bits per heavy atom. The molecule has 1 unspecified atom stereocenters. The van der Waals surface area contributed by atoms with Crippen LogP contribution in [0.4, 0.5) is 4.79 Å². The summed E-state index contributed by atoms with van der Waals surface area (Å²) in [5.74, 6) is -5.34. The van der Waals surface area contributed by atoms with Crippen molar-refractivity contribution in [2.75, 3.05) is 0 Å². The second kappa shape index (κ2) is 21.7. The van der Waals surface area contributed by atoms with Crippen molar-refractivity contribution >= 4 is 24.1 Å². The van der Waals surface area contributed by atoms with E-state index in [9.17, 15) is 19.5 Å². The van der Waals surface area contributed by atoms with Gasteiger partial charge in [-0.15, -0.1) is 0 Å². The first-order valence-electron chi connectivity index (χ1n) is 6.70. The van der Waals surface area contributed by atoms with Gasteiger partial charge in [0.1, 0.15) is 0 Å². The Bertz CT molecular complexity index is 363. The molecular weight excluding hydrogens is 362 g/mol. The van der Waals surface area contributed by atoms with Gasteiger partial charge < -0.3 is 40.2 Å². The molecule has 0 heterocycles. The van der Waals surface area contributed by atoms with E-state index in [1.807, 2.05) is 0 Å². The second-order valence-electron chi connectivity index (χ2n) is 4.43. The first kappa shape index (κ1) is 35.7. The Balaban J connectivity index is -0.0000000937. The van der Waals surface area contributed by atoms with E-state index in [2.05, 4.69) is 13.8 Å². The molecule has 1 atom stereocenters. The van der Waals surface area contributed by atoms with E-state index in [1.54, 1.807) is 0 Å². The van der Waals surface area contributed by atoms with Crippen LogP contribution >= 0.6 is 0 Å². The van der Waals surface area contributed by atoms with E-state index in [-0.39, 0.29) is 59.1 Å². The summed E-state index contributed by atoms with van der Waals surface area (Å²) in [6.45, 7) is 4.46. The van der Waals surface area contributed by atoms with Gasteiger partial charge in [-0.2, -0.15) is 0 Å². The van der Waals surface area contributed by atoms with Gasteiger partial charge in [0.2, 0.25) is 6.16 Å². The zero-order valence-electron chi connectivity index (χ0n) is 15.0. The summed E-state index contributed by atoms with van der Waals surface area (Å²) >= 11 is 0. The Hall–Kier alpha value is -0.360. The summed E-state index contributed by atoms with van der Waals surface area (Å²) in [5.41, 5.74) is -2.80. The molecule has 0 aromatic carbocycles. The number of carbonyl (C=O) groups excluding carboxylic acids is 1. The van der Waals surface area contributed by atoms with Gasteiger partial charge in [0.05, 0.1) is 6.42 Å². The van der Waals surface area contributed by atoms with Crippen LogP contribution in [0, 0.1) is 0 Å². The third kappa shape index (κ3) is 31.9. The van der Waals surface area contributed by atoms with Crippen molar-refractivity contribution in [3.8, 4) is 0 Å². The van der Waals surface area contributed by atoms with Gasteiger partial charge in [-0.3, -0.25) is 4.79 Å². The minimum atomic E-state index is -2.80. The number of carboxylic acid groups (broad SMARTS) is 5. The summed E-state index contributed by atoms with van der Waals surface area (Å²) < 4.78 is 0. The van der Waals surface area contributed by atoms with Gasteiger partial charge in [-0.05, 0) is 0 Å². The molecule has 0 aromatic rings. The zero-order valence-corrected chi connectivity index (χ0v) is 19.0. The second-order valence-corrected chi connectivity index (χ2v) is 4.43. The van der Waals surface area contributed by atoms with Crippen LogP contribution in [0.25, 0.3) is 0 Å². The summed E-state index contributed by atoms with van der Waals surface area (Å²) in [6, 6.07) is 0. The first-order valence-corrected chi connectivity index (χ1v) is 6.70. The first-order chi connectivity index (χ1) is 10.4. The van der Waals surface area contributed by atoms with Crippen LogP contribution < -0.4 is 69.3 Å². The van der Waals surface area contributed by atoms with Crippen LogP contribution in [-0.2, 0) is 14.4 Å². The maximum atomic E-state index is 10.3. The fourth-order valence-electron chi connectivity index (χ4n) is 1.20. The average Bonchev–Trinajstić information content (AvgIpc) is 2.34. The van der Waals surface area contributed by atoms with E-state index in [1.165, 1.54) is 25.7 Å². The number of carbonyl (C=O) groups is 4. The molecule has 0 aromatic heterocycles. The predicted octanol–water partition coefficient (Wildman–Crippen LogP) is -7.10. The molecule has 0 fully saturated rings. The van der Waals surface area contributed by atoms with Crippen LogP contribution in [0.2, 0.25) is 0 Å². The van der Waals surface area contributed by atoms with E-state index < -0.39 is 42.5 Å². The molecular formula is C13H22Na2O10. The van der Waals surface area contributed by atoms with Crippen molar-refractivity contribution in [1.82, 2.24) is 0 Å². The molecule has 0 amide bonds. The molecule has 0 spiro atoms. The molecule has 0 aliphatic heterocycles. The SMILES string of the molecule is CCCCCC.O=C([O-])CC(O)(CC(=O)O)C(=O)O.O=C([O-])O.[Na+].[Na+]. The maximum Gasteiger partial charge on any atom is 1.00 e. The summed E-state index contributed by atoms with van der Waals surface area (Å²) in [5, 5.41) is 50.8. The van der Waals surface area contributed by atoms with Crippen molar-refractivity contribution in [1.29, 1.82) is 0 Å². The number of rotatable bonds is 8. The Labute approximate surface area is 189 Å². The minimum absolute atomic E-state index is 0. The summed E-state index contributed by atoms with van der Waals surface area (Å²) in [6.07, 6.45) is 1.01. The molecule has 0 saturated heterocycles. The van der Waals surface area contributed by atoms with Crippen LogP contribution in [0.1, 0.15) is 52.4 Å². The van der Waals surface area contributed by atoms with E-state index >= 15 is 0 Å². The van der Waals surface area contributed by atoms with Crippen LogP contribution in [0.15, 0.2) is 0 Å². The van der Waals surface area contributed by atoms with Gasteiger partial charge in [0, 0.05) is 12.4 Å². The quantitative estimate of drug-likeness (QED) is 0.230. The average molecular weight is 384 g/mol. The van der Waals surface area contributed by atoms with Gasteiger partial charge in [-0.25, -0.2) is 4.79 Å². The van der Waals surface area contributed by atoms with E-state index in [0.29, 0.717) is 0 Å². The monoisotopic (exact) mass is 384 g/mol. The molecule has 0 bridgehead atoms. The van der Waals surface area contributed by atoms with Gasteiger partial charge in [0.25, 0.3) is 0 Å². The standard InChI is InChI=1S/C6H8O7.C6H14.CH2O3.2Na/c7-3(8)1-6(13,5(11)12)2-4(9)10;1-3-5-6-4-2;2-1(3)4;;/h13H,1-2H2,(H,7,8)(H,9,10)(H,11,12);3-6H2,1-2H3;(H2,2,3,4);;/q;;;2*+1/p-2. The van der Waals surface area contributed by atoms with Crippen LogP contribution in [-0.4, -0.2) is 50.1 Å². The van der Waals surface area contributed by atoms with Crippen molar-refractivity contribution < 1.29 is 109 Å². The molecule has 12 heteroatoms. The molecule has 10 nitrogen and oxygen atoms in total. The van der Waals surface area contributed by atoms with E-state index in [4.69, 9.17) is 30.3 Å². The summed E-state index contributed by atoms with van der Waals surface area (Å²) in [4.78, 5) is 38.8. The molecule has 0 aliphatic rings. The van der Waals surface area contributed by atoms with Gasteiger partial charge in [0.15, 0.2) is 5.60 Å². The molecule has 0 aliphatic carbocycles.